The smallest absolute Gasteiger partial charge is 0.252 e. The topological polar surface area (TPSA) is 88.6 Å². The maximum absolute atomic E-state index is 13.5. The van der Waals surface area contributed by atoms with Crippen molar-refractivity contribution in [1.82, 2.24) is 15.2 Å². The first-order valence-corrected chi connectivity index (χ1v) is 11.1. The Kier molecular flexibility index (Phi) is 5.25. The number of hydrogen-bond acceptors (Lipinski definition) is 6. The van der Waals surface area contributed by atoms with E-state index in [2.05, 4.69) is 10.3 Å². The van der Waals surface area contributed by atoms with Crippen LogP contribution in [0, 0.1) is 0 Å². The molecule has 0 aliphatic carbocycles. The minimum absolute atomic E-state index is 0.0441. The Bertz CT molecular complexity index is 1150. The minimum atomic E-state index is -0.784. The number of benzene rings is 2. The molecular weight excluding hydrogens is 414 g/mol. The van der Waals surface area contributed by atoms with E-state index in [9.17, 15) is 14.4 Å². The second-order valence-electron chi connectivity index (χ2n) is 7.83. The number of ketones is 1. The molecule has 3 unspecified atom stereocenters. The van der Waals surface area contributed by atoms with Gasteiger partial charge in [0.15, 0.2) is 5.78 Å². The Morgan fingerprint density at radius 1 is 1.23 bits per heavy atom. The molecular formula is C23H21N3O4S. The van der Waals surface area contributed by atoms with Crippen LogP contribution in [-0.4, -0.2) is 58.8 Å². The van der Waals surface area contributed by atoms with Gasteiger partial charge in [-0.2, -0.15) is 0 Å². The average Bonchev–Trinajstić information content (AvgIpc) is 3.51. The number of thiazole rings is 1. The van der Waals surface area contributed by atoms with E-state index in [-0.39, 0.29) is 30.3 Å². The molecule has 0 bridgehead atoms. The summed E-state index contributed by atoms with van der Waals surface area (Å²) in [7, 11) is 0. The van der Waals surface area contributed by atoms with Gasteiger partial charge in [-0.3, -0.25) is 14.4 Å². The molecule has 2 fully saturated rings. The van der Waals surface area contributed by atoms with Crippen molar-refractivity contribution in [2.24, 2.45) is 0 Å². The van der Waals surface area contributed by atoms with Gasteiger partial charge in [0.1, 0.15) is 18.7 Å². The van der Waals surface area contributed by atoms with E-state index < -0.39 is 12.1 Å². The predicted octanol–water partition coefficient (Wildman–Crippen LogP) is 2.21. The summed E-state index contributed by atoms with van der Waals surface area (Å²) in [5.41, 5.74) is 3.86. The van der Waals surface area contributed by atoms with Crippen LogP contribution >= 0.6 is 11.3 Å². The number of carbonyl (C=O) groups is 3. The second kappa shape index (κ2) is 8.20. The van der Waals surface area contributed by atoms with Crippen LogP contribution in [0.1, 0.15) is 22.3 Å². The van der Waals surface area contributed by atoms with Crippen LogP contribution in [0.4, 0.5) is 0 Å². The molecule has 0 radical (unpaired) electrons. The van der Waals surface area contributed by atoms with Crippen LogP contribution in [0.3, 0.4) is 0 Å². The zero-order valence-corrected chi connectivity index (χ0v) is 17.5. The molecule has 8 heteroatoms. The highest BCUT2D eigenvalue weighted by Crippen LogP contribution is 2.28. The summed E-state index contributed by atoms with van der Waals surface area (Å²) in [5, 5.41) is 2.90. The molecule has 5 rings (SSSR count). The van der Waals surface area contributed by atoms with Crippen molar-refractivity contribution in [1.29, 1.82) is 0 Å². The maximum Gasteiger partial charge on any atom is 0.252 e. The number of ether oxygens (including phenoxy) is 1. The molecule has 2 aromatic carbocycles. The first-order valence-electron chi connectivity index (χ1n) is 10.2. The third kappa shape index (κ3) is 3.84. The third-order valence-electron chi connectivity index (χ3n) is 5.87. The lowest BCUT2D eigenvalue weighted by Crippen LogP contribution is -2.53. The Hall–Kier alpha value is -3.10. The van der Waals surface area contributed by atoms with Gasteiger partial charge in [-0.25, -0.2) is 4.98 Å². The van der Waals surface area contributed by atoms with Crippen LogP contribution in [0.25, 0.3) is 10.2 Å². The van der Waals surface area contributed by atoms with Gasteiger partial charge in [0, 0.05) is 18.5 Å². The number of hydrogen-bond donors (Lipinski definition) is 1. The Morgan fingerprint density at radius 3 is 2.90 bits per heavy atom. The third-order valence-corrected chi connectivity index (χ3v) is 6.68. The highest BCUT2D eigenvalue weighted by atomic mass is 32.1. The molecule has 2 aliphatic rings. The van der Waals surface area contributed by atoms with Crippen molar-refractivity contribution < 1.29 is 19.1 Å². The molecule has 31 heavy (non-hydrogen) atoms. The first-order chi connectivity index (χ1) is 15.1. The fourth-order valence-electron chi connectivity index (χ4n) is 4.33. The van der Waals surface area contributed by atoms with Crippen LogP contribution in [0.5, 0.6) is 0 Å². The van der Waals surface area contributed by atoms with Gasteiger partial charge in [0.05, 0.1) is 21.8 Å². The lowest BCUT2D eigenvalue weighted by atomic mass is 10.0. The lowest BCUT2D eigenvalue weighted by Gasteiger charge is -2.27. The van der Waals surface area contributed by atoms with Gasteiger partial charge in [0.2, 0.25) is 5.91 Å². The van der Waals surface area contributed by atoms with Crippen molar-refractivity contribution >= 4 is 39.2 Å². The molecule has 3 heterocycles. The summed E-state index contributed by atoms with van der Waals surface area (Å²) in [6.45, 7) is 0.494. The monoisotopic (exact) mass is 435 g/mol. The summed E-state index contributed by atoms with van der Waals surface area (Å²) in [6.07, 6.45) is 0.735. The van der Waals surface area contributed by atoms with E-state index in [1.165, 1.54) is 11.3 Å². The molecule has 158 valence electrons. The number of amides is 2. The molecule has 7 nitrogen and oxygen atoms in total. The molecule has 0 spiro atoms. The van der Waals surface area contributed by atoms with Crippen molar-refractivity contribution in [2.75, 3.05) is 13.2 Å². The largest absolute Gasteiger partial charge is 0.368 e. The molecule has 1 aromatic heterocycles. The number of nitrogens with one attached hydrogen (secondary N) is 1. The van der Waals surface area contributed by atoms with Crippen molar-refractivity contribution in [3.05, 3.63) is 65.2 Å². The van der Waals surface area contributed by atoms with E-state index in [1.54, 1.807) is 22.5 Å². The molecule has 1 N–H and O–H groups in total. The van der Waals surface area contributed by atoms with E-state index in [0.29, 0.717) is 24.9 Å². The van der Waals surface area contributed by atoms with Crippen molar-refractivity contribution in [2.45, 2.75) is 31.0 Å². The normalized spacial score (nSPS) is 21.3. The molecule has 3 atom stereocenters. The van der Waals surface area contributed by atoms with Crippen LogP contribution < -0.4 is 5.32 Å². The number of fused-ring (bicyclic) bond motifs is 2. The lowest BCUT2D eigenvalue weighted by molar-refractivity contribution is -0.138. The highest BCUT2D eigenvalue weighted by molar-refractivity contribution is 7.16. The molecule has 2 saturated heterocycles. The summed E-state index contributed by atoms with van der Waals surface area (Å²) in [5.74, 6) is -0.665. The van der Waals surface area contributed by atoms with Crippen LogP contribution in [0.15, 0.2) is 54.0 Å². The number of nitrogens with zero attached hydrogens (tertiary/aromatic N) is 2. The number of rotatable bonds is 5. The first kappa shape index (κ1) is 19.8. The molecule has 0 saturated carbocycles. The summed E-state index contributed by atoms with van der Waals surface area (Å²) in [4.78, 5) is 44.6. The van der Waals surface area contributed by atoms with E-state index >= 15 is 0 Å². The van der Waals surface area contributed by atoms with Gasteiger partial charge in [-0.15, -0.1) is 11.3 Å². The van der Waals surface area contributed by atoms with Crippen LogP contribution in [0.2, 0.25) is 0 Å². The van der Waals surface area contributed by atoms with Crippen molar-refractivity contribution in [3.63, 3.8) is 0 Å². The standard InChI is InChI=1S/C23H21N3O4S/c27-18-12-30-19-8-9-26(21(18)19)23(29)17(10-14-4-2-1-3-5-14)25-22(28)15-6-7-20-16(11-15)24-13-31-20/h1-7,11,13,17,19,21H,8-10,12H2,(H,25,28). The second-order valence-corrected chi connectivity index (χ2v) is 8.72. The minimum Gasteiger partial charge on any atom is -0.368 e. The van der Waals surface area contributed by atoms with Gasteiger partial charge in [-0.1, -0.05) is 30.3 Å². The predicted molar refractivity (Wildman–Crippen MR) is 116 cm³/mol. The molecule has 2 amide bonds. The summed E-state index contributed by atoms with van der Waals surface area (Å²) >= 11 is 1.51. The summed E-state index contributed by atoms with van der Waals surface area (Å²) in [6, 6.07) is 13.5. The van der Waals surface area contributed by atoms with Crippen LogP contribution in [-0.2, 0) is 20.7 Å². The quantitative estimate of drug-likeness (QED) is 0.664. The number of likely N-dealkylation sites (tertiary alicyclic amines) is 1. The zero-order valence-electron chi connectivity index (χ0n) is 16.7. The van der Waals surface area contributed by atoms with E-state index in [4.69, 9.17) is 4.74 Å². The average molecular weight is 436 g/mol. The van der Waals surface area contributed by atoms with E-state index in [1.807, 2.05) is 36.4 Å². The molecule has 2 aliphatic heterocycles. The maximum atomic E-state index is 13.5. The fourth-order valence-corrected chi connectivity index (χ4v) is 4.99. The van der Waals surface area contributed by atoms with Gasteiger partial charge in [-0.05, 0) is 30.2 Å². The molecule has 3 aromatic rings. The van der Waals surface area contributed by atoms with Crippen molar-refractivity contribution in [3.8, 4) is 0 Å². The van der Waals surface area contributed by atoms with E-state index in [0.717, 1.165) is 15.8 Å². The summed E-state index contributed by atoms with van der Waals surface area (Å²) < 4.78 is 6.51. The number of Topliss-reactive ketones (excluding diaryl/α,β-unsaturated/α-hetero) is 1. The van der Waals surface area contributed by atoms with Gasteiger partial charge >= 0.3 is 0 Å². The number of carbonyl (C=O) groups excluding carboxylic acids is 3. The number of aromatic nitrogens is 1. The Balaban J connectivity index is 1.40. The Labute approximate surface area is 183 Å². The Morgan fingerprint density at radius 2 is 2.06 bits per heavy atom. The zero-order chi connectivity index (χ0) is 21.4. The fraction of sp³-hybridized carbons (Fsp3) is 0.304. The SMILES string of the molecule is O=C(NC(Cc1ccccc1)C(=O)N1CCC2OCC(=O)C21)c1ccc2scnc2c1. The highest BCUT2D eigenvalue weighted by Gasteiger charge is 2.48. The van der Waals surface area contributed by atoms with Gasteiger partial charge < -0.3 is 15.0 Å². The van der Waals surface area contributed by atoms with Gasteiger partial charge in [0.25, 0.3) is 5.91 Å².